The molecular formula is C20H18BrN3O. The molecule has 25 heavy (non-hydrogen) atoms. The van der Waals surface area contributed by atoms with Crippen molar-refractivity contribution in [2.45, 2.75) is 19.8 Å². The number of amides is 1. The van der Waals surface area contributed by atoms with E-state index in [2.05, 4.69) is 25.9 Å². The van der Waals surface area contributed by atoms with Crippen LogP contribution >= 0.6 is 15.9 Å². The first kappa shape index (κ1) is 17.3. The second kappa shape index (κ2) is 7.15. The second-order valence-corrected chi connectivity index (χ2v) is 6.98. The van der Waals surface area contributed by atoms with Crippen molar-refractivity contribution in [3.8, 4) is 0 Å². The number of benzene rings is 1. The Labute approximate surface area is 155 Å². The SMILES string of the molecule is Cc1ccc(C(c2ccc(C)nc2)c2cc(Br)cc(C(N)=O)c2)nc1. The van der Waals surface area contributed by atoms with Crippen LogP contribution in [0.3, 0.4) is 0 Å². The number of rotatable bonds is 4. The van der Waals surface area contributed by atoms with Crippen LogP contribution in [0.15, 0.2) is 59.3 Å². The van der Waals surface area contributed by atoms with Gasteiger partial charge in [0.1, 0.15) is 0 Å². The molecule has 2 N–H and O–H groups in total. The van der Waals surface area contributed by atoms with Gasteiger partial charge < -0.3 is 5.73 Å². The Morgan fingerprint density at radius 1 is 1.00 bits per heavy atom. The second-order valence-electron chi connectivity index (χ2n) is 6.06. The van der Waals surface area contributed by atoms with Crippen molar-refractivity contribution < 1.29 is 4.79 Å². The maximum absolute atomic E-state index is 11.7. The highest BCUT2D eigenvalue weighted by atomic mass is 79.9. The summed E-state index contributed by atoms with van der Waals surface area (Å²) in [7, 11) is 0. The average molecular weight is 396 g/mol. The molecular weight excluding hydrogens is 378 g/mol. The Morgan fingerprint density at radius 2 is 1.80 bits per heavy atom. The molecule has 1 unspecified atom stereocenters. The van der Waals surface area contributed by atoms with E-state index in [0.29, 0.717) is 5.56 Å². The van der Waals surface area contributed by atoms with Gasteiger partial charge in [-0.15, -0.1) is 0 Å². The molecule has 5 heteroatoms. The van der Waals surface area contributed by atoms with Gasteiger partial charge in [-0.1, -0.05) is 28.1 Å². The van der Waals surface area contributed by atoms with Crippen LogP contribution in [0, 0.1) is 13.8 Å². The summed E-state index contributed by atoms with van der Waals surface area (Å²) in [6, 6.07) is 13.6. The number of halogens is 1. The molecule has 1 aromatic carbocycles. The van der Waals surface area contributed by atoms with Crippen molar-refractivity contribution >= 4 is 21.8 Å². The third-order valence-electron chi connectivity index (χ3n) is 4.04. The average Bonchev–Trinajstić information content (AvgIpc) is 2.58. The normalized spacial score (nSPS) is 12.0. The lowest BCUT2D eigenvalue weighted by molar-refractivity contribution is 0.1000. The van der Waals surface area contributed by atoms with E-state index < -0.39 is 5.91 Å². The predicted molar refractivity (Wildman–Crippen MR) is 102 cm³/mol. The zero-order valence-corrected chi connectivity index (χ0v) is 15.6. The smallest absolute Gasteiger partial charge is 0.248 e. The number of hydrogen-bond acceptors (Lipinski definition) is 3. The van der Waals surface area contributed by atoms with Crippen LogP contribution < -0.4 is 5.73 Å². The lowest BCUT2D eigenvalue weighted by Crippen LogP contribution is -2.13. The van der Waals surface area contributed by atoms with E-state index in [4.69, 9.17) is 5.73 Å². The molecule has 0 bridgehead atoms. The molecule has 0 fully saturated rings. The fraction of sp³-hybridized carbons (Fsp3) is 0.150. The van der Waals surface area contributed by atoms with Gasteiger partial charge in [-0.2, -0.15) is 0 Å². The predicted octanol–water partition coefficient (Wildman–Crippen LogP) is 4.14. The summed E-state index contributed by atoms with van der Waals surface area (Å²) in [5.41, 5.74) is 10.8. The largest absolute Gasteiger partial charge is 0.366 e. The zero-order valence-electron chi connectivity index (χ0n) is 14.0. The molecule has 3 rings (SSSR count). The molecule has 0 saturated carbocycles. The van der Waals surface area contributed by atoms with Crippen LogP contribution in [0.4, 0.5) is 0 Å². The van der Waals surface area contributed by atoms with Gasteiger partial charge in [0.15, 0.2) is 0 Å². The van der Waals surface area contributed by atoms with Gasteiger partial charge in [-0.05, 0) is 60.9 Å². The van der Waals surface area contributed by atoms with Crippen molar-refractivity contribution in [1.82, 2.24) is 9.97 Å². The van der Waals surface area contributed by atoms with Crippen LogP contribution in [0.25, 0.3) is 0 Å². The lowest BCUT2D eigenvalue weighted by atomic mass is 9.88. The van der Waals surface area contributed by atoms with E-state index in [9.17, 15) is 4.79 Å². The van der Waals surface area contributed by atoms with Gasteiger partial charge in [0.05, 0.1) is 11.6 Å². The summed E-state index contributed by atoms with van der Waals surface area (Å²) in [6.45, 7) is 3.96. The Morgan fingerprint density at radius 3 is 2.40 bits per heavy atom. The van der Waals surface area contributed by atoms with Crippen LogP contribution in [0.2, 0.25) is 0 Å². The number of aryl methyl sites for hydroxylation is 2. The molecule has 0 saturated heterocycles. The number of carbonyl (C=O) groups excluding carboxylic acids is 1. The summed E-state index contributed by atoms with van der Waals surface area (Å²) in [4.78, 5) is 20.7. The summed E-state index contributed by atoms with van der Waals surface area (Å²) in [5.74, 6) is -0.593. The van der Waals surface area contributed by atoms with Gasteiger partial charge in [-0.25, -0.2) is 0 Å². The van der Waals surface area contributed by atoms with Crippen molar-refractivity contribution in [1.29, 1.82) is 0 Å². The molecule has 1 amide bonds. The summed E-state index contributed by atoms with van der Waals surface area (Å²) in [6.07, 6.45) is 3.70. The fourth-order valence-electron chi connectivity index (χ4n) is 2.76. The number of nitrogens with two attached hydrogens (primary N) is 1. The number of hydrogen-bond donors (Lipinski definition) is 1. The van der Waals surface area contributed by atoms with Crippen LogP contribution in [-0.2, 0) is 0 Å². The summed E-state index contributed by atoms with van der Waals surface area (Å²) in [5, 5.41) is 0. The van der Waals surface area contributed by atoms with Crippen LogP contribution in [0.5, 0.6) is 0 Å². The summed E-state index contributed by atoms with van der Waals surface area (Å²) >= 11 is 3.47. The fourth-order valence-corrected chi connectivity index (χ4v) is 3.27. The Balaban J connectivity index is 2.19. The van der Waals surface area contributed by atoms with Gasteiger partial charge in [0, 0.05) is 28.1 Å². The molecule has 0 aliphatic rings. The van der Waals surface area contributed by atoms with E-state index in [1.54, 1.807) is 6.07 Å². The molecule has 0 spiro atoms. The zero-order chi connectivity index (χ0) is 18.0. The van der Waals surface area contributed by atoms with Crippen molar-refractivity contribution in [2.24, 2.45) is 5.73 Å². The highest BCUT2D eigenvalue weighted by Gasteiger charge is 2.20. The first-order valence-corrected chi connectivity index (χ1v) is 8.69. The summed E-state index contributed by atoms with van der Waals surface area (Å²) < 4.78 is 0.802. The van der Waals surface area contributed by atoms with Gasteiger partial charge in [-0.3, -0.25) is 14.8 Å². The minimum Gasteiger partial charge on any atom is -0.366 e. The molecule has 0 aliphatic heterocycles. The Kier molecular flexibility index (Phi) is 4.95. The number of nitrogens with zero attached hydrogens (tertiary/aromatic N) is 2. The first-order chi connectivity index (χ1) is 11.9. The van der Waals surface area contributed by atoms with E-state index in [-0.39, 0.29) is 5.92 Å². The number of pyridine rings is 2. The third-order valence-corrected chi connectivity index (χ3v) is 4.49. The van der Waals surface area contributed by atoms with Crippen LogP contribution in [0.1, 0.15) is 44.4 Å². The van der Waals surface area contributed by atoms with Gasteiger partial charge >= 0.3 is 0 Å². The molecule has 2 heterocycles. The molecule has 2 aromatic heterocycles. The monoisotopic (exact) mass is 395 g/mol. The van der Waals surface area contributed by atoms with E-state index in [1.165, 1.54) is 0 Å². The standard InChI is InChI=1S/C20H18BrN3O/c1-12-3-6-18(24-10-12)19(14-5-4-13(2)23-11-14)15-7-16(20(22)25)9-17(21)8-15/h3-11,19H,1-2H3,(H2,22,25). The molecule has 0 radical (unpaired) electrons. The maximum Gasteiger partial charge on any atom is 0.248 e. The molecule has 3 aromatic rings. The van der Waals surface area contributed by atoms with E-state index in [0.717, 1.165) is 32.6 Å². The van der Waals surface area contributed by atoms with Crippen molar-refractivity contribution in [3.05, 3.63) is 93.0 Å². The molecule has 4 nitrogen and oxygen atoms in total. The Hall–Kier alpha value is -2.53. The number of carbonyl (C=O) groups is 1. The first-order valence-electron chi connectivity index (χ1n) is 7.89. The molecule has 1 atom stereocenters. The minimum atomic E-state index is -0.458. The topological polar surface area (TPSA) is 68.9 Å². The van der Waals surface area contributed by atoms with E-state index >= 15 is 0 Å². The Bertz CT molecular complexity index is 860. The highest BCUT2D eigenvalue weighted by Crippen LogP contribution is 2.33. The van der Waals surface area contributed by atoms with Crippen molar-refractivity contribution in [3.63, 3.8) is 0 Å². The quantitative estimate of drug-likeness (QED) is 0.721. The van der Waals surface area contributed by atoms with E-state index in [1.807, 2.05) is 62.6 Å². The van der Waals surface area contributed by atoms with Crippen molar-refractivity contribution in [2.75, 3.05) is 0 Å². The molecule has 0 aliphatic carbocycles. The maximum atomic E-state index is 11.7. The third kappa shape index (κ3) is 3.94. The highest BCUT2D eigenvalue weighted by molar-refractivity contribution is 9.10. The van der Waals surface area contributed by atoms with Crippen LogP contribution in [-0.4, -0.2) is 15.9 Å². The van der Waals surface area contributed by atoms with Gasteiger partial charge in [0.2, 0.25) is 5.91 Å². The number of primary amides is 1. The minimum absolute atomic E-state index is 0.135. The number of aromatic nitrogens is 2. The lowest BCUT2D eigenvalue weighted by Gasteiger charge is -2.19. The van der Waals surface area contributed by atoms with Gasteiger partial charge in [0.25, 0.3) is 0 Å². The molecule has 126 valence electrons.